The summed E-state index contributed by atoms with van der Waals surface area (Å²) < 4.78 is 10.3. The molecule has 0 spiro atoms. The van der Waals surface area contributed by atoms with Crippen molar-refractivity contribution in [2.24, 2.45) is 5.92 Å². The highest BCUT2D eigenvalue weighted by Crippen LogP contribution is 2.13. The van der Waals surface area contributed by atoms with Crippen molar-refractivity contribution in [3.8, 4) is 5.75 Å². The predicted molar refractivity (Wildman–Crippen MR) is 99.4 cm³/mol. The maximum absolute atomic E-state index is 11.7. The van der Waals surface area contributed by atoms with Crippen LogP contribution in [0.5, 0.6) is 5.75 Å². The molecule has 0 radical (unpaired) electrons. The van der Waals surface area contributed by atoms with Gasteiger partial charge in [0.25, 0.3) is 5.91 Å². The van der Waals surface area contributed by atoms with E-state index in [2.05, 4.69) is 16.2 Å². The summed E-state index contributed by atoms with van der Waals surface area (Å²) in [6.45, 7) is 5.45. The Morgan fingerprint density at radius 1 is 1.12 bits per heavy atom. The molecule has 0 fully saturated rings. The number of carbonyl (C=O) groups is 3. The fraction of sp³-hybridized carbons (Fsp3) is 0.412. The van der Waals surface area contributed by atoms with E-state index in [1.807, 2.05) is 6.92 Å². The van der Waals surface area contributed by atoms with E-state index in [0.29, 0.717) is 17.9 Å². The number of rotatable bonds is 7. The van der Waals surface area contributed by atoms with Crippen molar-refractivity contribution in [3.05, 3.63) is 29.8 Å². The van der Waals surface area contributed by atoms with Gasteiger partial charge in [0, 0.05) is 5.92 Å². The second kappa shape index (κ2) is 11.0. The van der Waals surface area contributed by atoms with Crippen LogP contribution in [-0.2, 0) is 14.3 Å². The van der Waals surface area contributed by atoms with Gasteiger partial charge in [0.05, 0.1) is 12.2 Å². The summed E-state index contributed by atoms with van der Waals surface area (Å²) in [7, 11) is 0. The van der Waals surface area contributed by atoms with E-state index in [1.54, 1.807) is 38.1 Å². The molecule has 0 saturated carbocycles. The molecule has 0 heterocycles. The van der Waals surface area contributed by atoms with Crippen molar-refractivity contribution in [2.45, 2.75) is 27.2 Å². The van der Waals surface area contributed by atoms with Crippen molar-refractivity contribution in [3.63, 3.8) is 0 Å². The van der Waals surface area contributed by atoms with E-state index in [0.717, 1.165) is 6.42 Å². The maximum Gasteiger partial charge on any atom is 0.338 e. The third-order valence-corrected chi connectivity index (χ3v) is 3.18. The molecule has 1 aromatic rings. The zero-order chi connectivity index (χ0) is 19.5. The molecule has 0 aliphatic heterocycles. The van der Waals surface area contributed by atoms with E-state index in [-0.39, 0.29) is 23.5 Å². The van der Waals surface area contributed by atoms with Crippen LogP contribution in [0.25, 0.3) is 0 Å². The lowest BCUT2D eigenvalue weighted by atomic mass is 10.2. The molecule has 0 saturated heterocycles. The van der Waals surface area contributed by atoms with Crippen LogP contribution in [0.1, 0.15) is 37.6 Å². The summed E-state index contributed by atoms with van der Waals surface area (Å²) in [6.07, 6.45) is 0.751. The molecule has 1 rings (SSSR count). The normalized spacial score (nSPS) is 10.0. The number of esters is 1. The predicted octanol–water partition coefficient (Wildman–Crippen LogP) is 1.31. The average molecular weight is 381 g/mol. The highest BCUT2D eigenvalue weighted by atomic mass is 32.1. The Kier molecular flexibility index (Phi) is 9.07. The van der Waals surface area contributed by atoms with Crippen LogP contribution in [0.4, 0.5) is 0 Å². The van der Waals surface area contributed by atoms with Gasteiger partial charge < -0.3 is 14.8 Å². The first kappa shape index (κ1) is 21.4. The summed E-state index contributed by atoms with van der Waals surface area (Å²) in [5.41, 5.74) is 5.12. The molecule has 0 aliphatic rings. The maximum atomic E-state index is 11.7. The first-order valence-corrected chi connectivity index (χ1v) is 8.54. The Bertz CT molecular complexity index is 646. The van der Waals surface area contributed by atoms with Gasteiger partial charge in [-0.25, -0.2) is 4.79 Å². The molecule has 0 aromatic heterocycles. The molecule has 2 amide bonds. The largest absolute Gasteiger partial charge is 0.484 e. The highest BCUT2D eigenvalue weighted by molar-refractivity contribution is 7.80. The van der Waals surface area contributed by atoms with Crippen molar-refractivity contribution in [1.82, 2.24) is 16.2 Å². The Morgan fingerprint density at radius 3 is 2.35 bits per heavy atom. The van der Waals surface area contributed by atoms with Gasteiger partial charge in [-0.3, -0.25) is 20.4 Å². The summed E-state index contributed by atoms with van der Waals surface area (Å²) in [5.74, 6) is -0.959. The van der Waals surface area contributed by atoms with Crippen LogP contribution in [0.3, 0.4) is 0 Å². The first-order valence-electron chi connectivity index (χ1n) is 8.13. The van der Waals surface area contributed by atoms with Gasteiger partial charge >= 0.3 is 5.97 Å². The van der Waals surface area contributed by atoms with Crippen LogP contribution in [-0.4, -0.2) is 36.1 Å². The molecule has 3 N–H and O–H groups in total. The number of carbonyl (C=O) groups excluding carboxylic acids is 3. The summed E-state index contributed by atoms with van der Waals surface area (Å²) in [5, 5.41) is 2.41. The molecule has 1 aromatic carbocycles. The number of hydrogen-bond donors (Lipinski definition) is 3. The molecule has 8 nitrogen and oxygen atoms in total. The lowest BCUT2D eigenvalue weighted by molar-refractivity contribution is -0.124. The highest BCUT2D eigenvalue weighted by Gasteiger charge is 2.10. The van der Waals surface area contributed by atoms with E-state index < -0.39 is 11.9 Å². The average Bonchev–Trinajstić information content (AvgIpc) is 2.62. The second-order valence-electron chi connectivity index (χ2n) is 5.60. The first-order chi connectivity index (χ1) is 12.3. The number of amides is 2. The van der Waals surface area contributed by atoms with E-state index in [9.17, 15) is 14.4 Å². The van der Waals surface area contributed by atoms with Gasteiger partial charge in [-0.1, -0.05) is 20.8 Å². The number of nitrogens with one attached hydrogen (secondary N) is 3. The van der Waals surface area contributed by atoms with E-state index in [4.69, 9.17) is 21.7 Å². The Labute approximate surface area is 157 Å². The van der Waals surface area contributed by atoms with Crippen molar-refractivity contribution < 1.29 is 23.9 Å². The third kappa shape index (κ3) is 7.93. The molecule has 9 heteroatoms. The van der Waals surface area contributed by atoms with Crippen LogP contribution >= 0.6 is 12.2 Å². The van der Waals surface area contributed by atoms with E-state index in [1.165, 1.54) is 0 Å². The van der Waals surface area contributed by atoms with Crippen LogP contribution in [0.15, 0.2) is 24.3 Å². The third-order valence-electron chi connectivity index (χ3n) is 2.97. The topological polar surface area (TPSA) is 106 Å². The Balaban J connectivity index is 2.35. The molecule has 0 unspecified atom stereocenters. The van der Waals surface area contributed by atoms with Gasteiger partial charge in [-0.05, 0) is 42.9 Å². The van der Waals surface area contributed by atoms with Gasteiger partial charge in [0.15, 0.2) is 11.7 Å². The van der Waals surface area contributed by atoms with Crippen molar-refractivity contribution >= 4 is 35.1 Å². The molecular formula is C17H23N3O5S. The van der Waals surface area contributed by atoms with Crippen LogP contribution < -0.4 is 20.9 Å². The van der Waals surface area contributed by atoms with Gasteiger partial charge in [0.2, 0.25) is 5.91 Å². The smallest absolute Gasteiger partial charge is 0.338 e. The number of thiocarbonyl (C=S) groups is 1. The second-order valence-corrected chi connectivity index (χ2v) is 6.00. The zero-order valence-corrected chi connectivity index (χ0v) is 15.8. The minimum absolute atomic E-state index is 0.00741. The molecular weight excluding hydrogens is 358 g/mol. The summed E-state index contributed by atoms with van der Waals surface area (Å²) >= 11 is 4.87. The molecule has 0 bridgehead atoms. The molecule has 142 valence electrons. The Morgan fingerprint density at radius 2 is 1.77 bits per heavy atom. The van der Waals surface area contributed by atoms with Crippen molar-refractivity contribution in [2.75, 3.05) is 13.2 Å². The van der Waals surface area contributed by atoms with Gasteiger partial charge in [-0.2, -0.15) is 0 Å². The lowest BCUT2D eigenvalue weighted by Crippen LogP contribution is -2.50. The van der Waals surface area contributed by atoms with Gasteiger partial charge in [0.1, 0.15) is 5.75 Å². The minimum Gasteiger partial charge on any atom is -0.484 e. The Hall–Kier alpha value is -2.68. The summed E-state index contributed by atoms with van der Waals surface area (Å²) in [4.78, 5) is 34.8. The minimum atomic E-state index is -0.488. The standard InChI is InChI=1S/C17H23N3O5S/c1-4-9-24-16(23)12-5-7-13(8-6-12)25-10-14(21)19-20-17(26)18-15(22)11(2)3/h5-8,11H,4,9-10H2,1-3H3,(H,19,21)(H2,18,20,22,26). The fourth-order valence-corrected chi connectivity index (χ4v) is 1.72. The lowest BCUT2D eigenvalue weighted by Gasteiger charge is -2.12. The number of hydrazine groups is 1. The fourth-order valence-electron chi connectivity index (χ4n) is 1.56. The number of hydrogen-bond acceptors (Lipinski definition) is 6. The molecule has 26 heavy (non-hydrogen) atoms. The van der Waals surface area contributed by atoms with Crippen LogP contribution in [0, 0.1) is 5.92 Å². The number of ether oxygens (including phenoxy) is 2. The quantitative estimate of drug-likeness (QED) is 0.371. The van der Waals surface area contributed by atoms with Gasteiger partial charge in [-0.15, -0.1) is 0 Å². The monoisotopic (exact) mass is 381 g/mol. The SMILES string of the molecule is CCCOC(=O)c1ccc(OCC(=O)NNC(=S)NC(=O)C(C)C)cc1. The molecule has 0 atom stereocenters. The number of benzene rings is 1. The molecule has 0 aliphatic carbocycles. The summed E-state index contributed by atoms with van der Waals surface area (Å²) in [6, 6.07) is 6.24. The zero-order valence-electron chi connectivity index (χ0n) is 15.0. The van der Waals surface area contributed by atoms with E-state index >= 15 is 0 Å². The van der Waals surface area contributed by atoms with Crippen molar-refractivity contribution in [1.29, 1.82) is 0 Å². The van der Waals surface area contributed by atoms with Crippen LogP contribution in [0.2, 0.25) is 0 Å².